The number of nitrogens with one attached hydrogen (secondary N) is 1. The number of aryl methyl sites for hydroxylation is 1. The van der Waals surface area contributed by atoms with Gasteiger partial charge in [0.1, 0.15) is 0 Å². The van der Waals surface area contributed by atoms with Crippen molar-refractivity contribution in [2.75, 3.05) is 6.54 Å². The molecule has 3 atom stereocenters. The second-order valence-corrected chi connectivity index (χ2v) is 7.92. The van der Waals surface area contributed by atoms with Gasteiger partial charge >= 0.3 is 0 Å². The molecule has 20 heavy (non-hydrogen) atoms. The normalized spacial score (nSPS) is 33.0. The minimum atomic E-state index is 0.171. The molecule has 0 aliphatic heterocycles. The Labute approximate surface area is 121 Å². The predicted molar refractivity (Wildman–Crippen MR) is 78.1 cm³/mol. The first-order chi connectivity index (χ1) is 9.36. The molecule has 2 aliphatic carbocycles. The summed E-state index contributed by atoms with van der Waals surface area (Å²) >= 11 is 0. The molecule has 3 unspecified atom stereocenters. The van der Waals surface area contributed by atoms with Gasteiger partial charge in [-0.05, 0) is 62.5 Å². The molecule has 1 heterocycles. The molecule has 3 rings (SSSR count). The molecule has 2 bridgehead atoms. The van der Waals surface area contributed by atoms with Gasteiger partial charge < -0.3 is 5.32 Å². The zero-order valence-electron chi connectivity index (χ0n) is 13.2. The number of hydrogen-bond acceptors (Lipinski definition) is 4. The summed E-state index contributed by atoms with van der Waals surface area (Å²) in [5.74, 6) is 2.68. The molecule has 0 spiro atoms. The average molecular weight is 277 g/mol. The van der Waals surface area contributed by atoms with E-state index >= 15 is 0 Å². The van der Waals surface area contributed by atoms with Crippen molar-refractivity contribution >= 4 is 0 Å². The highest BCUT2D eigenvalue weighted by atomic mass is 15.6. The molecule has 0 radical (unpaired) electrons. The van der Waals surface area contributed by atoms with E-state index in [0.29, 0.717) is 5.41 Å². The highest BCUT2D eigenvalue weighted by Gasteiger charge is 2.51. The predicted octanol–water partition coefficient (Wildman–Crippen LogP) is 1.95. The maximum atomic E-state index is 4.41. The molecule has 5 nitrogen and oxygen atoms in total. The van der Waals surface area contributed by atoms with Crippen LogP contribution >= 0.6 is 0 Å². The topological polar surface area (TPSA) is 55.6 Å². The Morgan fingerprint density at radius 2 is 2.15 bits per heavy atom. The van der Waals surface area contributed by atoms with Crippen LogP contribution in [-0.2, 0) is 13.5 Å². The van der Waals surface area contributed by atoms with E-state index in [4.69, 9.17) is 0 Å². The van der Waals surface area contributed by atoms with Crippen molar-refractivity contribution in [3.8, 4) is 0 Å². The van der Waals surface area contributed by atoms with Crippen LogP contribution < -0.4 is 5.32 Å². The largest absolute Gasteiger partial charge is 0.311 e. The molecule has 2 aliphatic rings. The van der Waals surface area contributed by atoms with Crippen LogP contribution in [0, 0.1) is 17.3 Å². The van der Waals surface area contributed by atoms with E-state index in [1.54, 1.807) is 4.80 Å². The van der Waals surface area contributed by atoms with Crippen LogP contribution in [0.1, 0.15) is 52.3 Å². The second-order valence-electron chi connectivity index (χ2n) is 7.92. The maximum absolute atomic E-state index is 4.41. The number of rotatable bonds is 4. The minimum absolute atomic E-state index is 0.171. The van der Waals surface area contributed by atoms with Crippen molar-refractivity contribution in [1.29, 1.82) is 0 Å². The molecule has 1 N–H and O–H groups in total. The van der Waals surface area contributed by atoms with Crippen molar-refractivity contribution in [1.82, 2.24) is 25.5 Å². The van der Waals surface area contributed by atoms with Crippen LogP contribution in [0.25, 0.3) is 0 Å². The SMILES string of the molecule is Cn1nnc(CC2(CNC(C)(C)C)CC3CCC2C3)n1. The van der Waals surface area contributed by atoms with Gasteiger partial charge in [0.25, 0.3) is 0 Å². The van der Waals surface area contributed by atoms with Gasteiger partial charge in [-0.1, -0.05) is 6.42 Å². The molecule has 0 aromatic carbocycles. The lowest BCUT2D eigenvalue weighted by atomic mass is 9.70. The zero-order valence-corrected chi connectivity index (χ0v) is 13.2. The molecule has 112 valence electrons. The summed E-state index contributed by atoms with van der Waals surface area (Å²) in [6.45, 7) is 7.81. The van der Waals surface area contributed by atoms with Gasteiger partial charge in [-0.15, -0.1) is 10.2 Å². The Kier molecular flexibility index (Phi) is 3.35. The molecule has 2 fully saturated rings. The van der Waals surface area contributed by atoms with Crippen LogP contribution in [-0.4, -0.2) is 32.3 Å². The summed E-state index contributed by atoms with van der Waals surface area (Å²) in [6.07, 6.45) is 6.53. The van der Waals surface area contributed by atoms with Crippen molar-refractivity contribution in [3.63, 3.8) is 0 Å². The number of nitrogens with zero attached hydrogens (tertiary/aromatic N) is 4. The van der Waals surface area contributed by atoms with E-state index in [1.165, 1.54) is 25.7 Å². The molecule has 1 aromatic heterocycles. The smallest absolute Gasteiger partial charge is 0.175 e. The Hall–Kier alpha value is -0.970. The van der Waals surface area contributed by atoms with Crippen LogP contribution in [0.5, 0.6) is 0 Å². The van der Waals surface area contributed by atoms with Crippen LogP contribution in [0.2, 0.25) is 0 Å². The standard InChI is InChI=1S/C15H27N5/c1-14(2,3)16-10-15(8-11-5-6-12(15)7-11)9-13-17-19-20(4)18-13/h11-12,16H,5-10H2,1-4H3. The summed E-state index contributed by atoms with van der Waals surface area (Å²) in [6, 6.07) is 0. The quantitative estimate of drug-likeness (QED) is 0.914. The lowest BCUT2D eigenvalue weighted by molar-refractivity contribution is 0.140. The highest BCUT2D eigenvalue weighted by molar-refractivity contribution is 5.05. The maximum Gasteiger partial charge on any atom is 0.175 e. The van der Waals surface area contributed by atoms with E-state index in [9.17, 15) is 0 Å². The van der Waals surface area contributed by atoms with Gasteiger partial charge in [0.2, 0.25) is 0 Å². The molecule has 5 heteroatoms. The van der Waals surface area contributed by atoms with Gasteiger partial charge in [-0.25, -0.2) is 0 Å². The molecule has 1 aromatic rings. The summed E-state index contributed by atoms with van der Waals surface area (Å²) < 4.78 is 0. The van der Waals surface area contributed by atoms with Crippen molar-refractivity contribution in [2.24, 2.45) is 24.3 Å². The Bertz CT molecular complexity index is 475. The monoisotopic (exact) mass is 277 g/mol. The Balaban J connectivity index is 1.77. The number of tetrazole rings is 1. The van der Waals surface area contributed by atoms with Crippen LogP contribution in [0.3, 0.4) is 0 Å². The number of fused-ring (bicyclic) bond motifs is 2. The average Bonchev–Trinajstić information content (AvgIpc) is 3.02. The molecular weight excluding hydrogens is 250 g/mol. The van der Waals surface area contributed by atoms with E-state index < -0.39 is 0 Å². The zero-order chi connectivity index (χ0) is 14.4. The van der Waals surface area contributed by atoms with E-state index in [1.807, 2.05) is 7.05 Å². The first-order valence-electron chi connectivity index (χ1n) is 7.84. The van der Waals surface area contributed by atoms with Gasteiger partial charge in [-0.2, -0.15) is 4.80 Å². The Morgan fingerprint density at radius 1 is 1.35 bits per heavy atom. The summed E-state index contributed by atoms with van der Waals surface area (Å²) in [5, 5.41) is 16.4. The summed E-state index contributed by atoms with van der Waals surface area (Å²) in [5.41, 5.74) is 0.518. The second kappa shape index (κ2) is 4.79. The lowest BCUT2D eigenvalue weighted by Gasteiger charge is -2.39. The number of aromatic nitrogens is 4. The minimum Gasteiger partial charge on any atom is -0.311 e. The van der Waals surface area contributed by atoms with Gasteiger partial charge in [0, 0.05) is 18.5 Å². The molecule has 0 amide bonds. The Morgan fingerprint density at radius 3 is 2.65 bits per heavy atom. The van der Waals surface area contributed by atoms with Crippen molar-refractivity contribution in [2.45, 2.75) is 58.4 Å². The summed E-state index contributed by atoms with van der Waals surface area (Å²) in [4.78, 5) is 1.58. The third-order valence-electron chi connectivity index (χ3n) is 5.13. The van der Waals surface area contributed by atoms with Crippen molar-refractivity contribution in [3.05, 3.63) is 5.82 Å². The van der Waals surface area contributed by atoms with E-state index in [2.05, 4.69) is 41.5 Å². The highest BCUT2D eigenvalue weighted by Crippen LogP contribution is 2.56. The molecular formula is C15H27N5. The summed E-state index contributed by atoms with van der Waals surface area (Å²) in [7, 11) is 1.84. The fourth-order valence-electron chi connectivity index (χ4n) is 4.20. The fraction of sp³-hybridized carbons (Fsp3) is 0.933. The number of hydrogen-bond donors (Lipinski definition) is 1. The van der Waals surface area contributed by atoms with E-state index in [0.717, 1.165) is 30.6 Å². The molecule has 2 saturated carbocycles. The third-order valence-corrected chi connectivity index (χ3v) is 5.13. The van der Waals surface area contributed by atoms with Gasteiger partial charge in [0.15, 0.2) is 5.82 Å². The third kappa shape index (κ3) is 2.73. The van der Waals surface area contributed by atoms with Crippen LogP contribution in [0.4, 0.5) is 0 Å². The molecule has 0 saturated heterocycles. The van der Waals surface area contributed by atoms with Gasteiger partial charge in [-0.3, -0.25) is 0 Å². The van der Waals surface area contributed by atoms with Crippen LogP contribution in [0.15, 0.2) is 0 Å². The van der Waals surface area contributed by atoms with Crippen molar-refractivity contribution < 1.29 is 0 Å². The van der Waals surface area contributed by atoms with E-state index in [-0.39, 0.29) is 5.54 Å². The first-order valence-corrected chi connectivity index (χ1v) is 7.84. The fourth-order valence-corrected chi connectivity index (χ4v) is 4.20. The lowest BCUT2D eigenvalue weighted by Crippen LogP contribution is -2.47. The van der Waals surface area contributed by atoms with Gasteiger partial charge in [0.05, 0.1) is 7.05 Å². The first kappa shape index (κ1) is 14.0.